The molecule has 0 bridgehead atoms. The molecule has 1 fully saturated rings. The first-order chi connectivity index (χ1) is 10.8. The fourth-order valence-corrected chi connectivity index (χ4v) is 3.18. The van der Waals surface area contributed by atoms with E-state index < -0.39 is 5.54 Å². The number of carbonyl (C=O) groups is 1. The van der Waals surface area contributed by atoms with Crippen molar-refractivity contribution in [2.45, 2.75) is 24.9 Å². The van der Waals surface area contributed by atoms with Gasteiger partial charge in [-0.3, -0.25) is 24.6 Å². The van der Waals surface area contributed by atoms with E-state index in [1.165, 1.54) is 0 Å². The van der Waals surface area contributed by atoms with Crippen LogP contribution < -0.4 is 5.32 Å². The summed E-state index contributed by atoms with van der Waals surface area (Å²) in [6, 6.07) is 3.94. The molecule has 1 atom stereocenters. The van der Waals surface area contributed by atoms with E-state index in [4.69, 9.17) is 0 Å². The molecule has 1 N–H and O–H groups in total. The molecule has 1 saturated heterocycles. The summed E-state index contributed by atoms with van der Waals surface area (Å²) in [6.45, 7) is 1.51. The molecule has 1 amide bonds. The summed E-state index contributed by atoms with van der Waals surface area (Å²) in [6.07, 6.45) is 10.2. The van der Waals surface area contributed by atoms with Crippen LogP contribution in [0.15, 0.2) is 43.1 Å². The molecule has 1 aliphatic rings. The Morgan fingerprint density at radius 1 is 1.32 bits per heavy atom. The first-order valence-corrected chi connectivity index (χ1v) is 7.40. The topological polar surface area (TPSA) is 71.0 Å². The molecular formula is C16H19N5O. The summed E-state index contributed by atoms with van der Waals surface area (Å²) in [4.78, 5) is 27.6. The van der Waals surface area contributed by atoms with E-state index in [1.807, 2.05) is 18.3 Å². The Morgan fingerprint density at radius 2 is 2.18 bits per heavy atom. The number of nitrogens with zero attached hydrogens (tertiary/aromatic N) is 4. The van der Waals surface area contributed by atoms with Crippen LogP contribution in [-0.4, -0.2) is 39.4 Å². The van der Waals surface area contributed by atoms with Crippen LogP contribution in [0.5, 0.6) is 0 Å². The third-order valence-electron chi connectivity index (χ3n) is 4.19. The lowest BCUT2D eigenvalue weighted by Gasteiger charge is -2.36. The third-order valence-corrected chi connectivity index (χ3v) is 4.19. The minimum absolute atomic E-state index is 0.0330. The van der Waals surface area contributed by atoms with E-state index in [9.17, 15) is 4.79 Å². The maximum Gasteiger partial charge on any atom is 0.246 e. The lowest BCUT2D eigenvalue weighted by atomic mass is 9.90. The van der Waals surface area contributed by atoms with E-state index in [0.29, 0.717) is 12.2 Å². The zero-order valence-electron chi connectivity index (χ0n) is 12.6. The zero-order valence-corrected chi connectivity index (χ0v) is 12.6. The summed E-state index contributed by atoms with van der Waals surface area (Å²) in [5.41, 5.74) is 1.04. The first-order valence-electron chi connectivity index (χ1n) is 7.40. The van der Waals surface area contributed by atoms with Gasteiger partial charge in [0.05, 0.1) is 11.9 Å². The van der Waals surface area contributed by atoms with Crippen LogP contribution in [0, 0.1) is 0 Å². The van der Waals surface area contributed by atoms with Crippen molar-refractivity contribution in [3.05, 3.63) is 54.4 Å². The number of amides is 1. The third kappa shape index (κ3) is 2.46. The number of likely N-dealkylation sites (N-methyl/N-ethyl adjacent to an activating group) is 1. The van der Waals surface area contributed by atoms with Crippen molar-refractivity contribution in [1.82, 2.24) is 25.2 Å². The summed E-state index contributed by atoms with van der Waals surface area (Å²) >= 11 is 0. The summed E-state index contributed by atoms with van der Waals surface area (Å²) in [5, 5.41) is 2.80. The Bertz CT molecular complexity index is 633. The Balaban J connectivity index is 1.99. The van der Waals surface area contributed by atoms with Crippen LogP contribution in [0.4, 0.5) is 0 Å². The molecule has 0 spiro atoms. The molecule has 0 aliphatic carbocycles. The van der Waals surface area contributed by atoms with Gasteiger partial charge >= 0.3 is 0 Å². The highest BCUT2D eigenvalue weighted by Crippen LogP contribution is 2.38. The molecule has 6 heteroatoms. The fourth-order valence-electron chi connectivity index (χ4n) is 3.18. The van der Waals surface area contributed by atoms with Gasteiger partial charge in [0.15, 0.2) is 0 Å². The van der Waals surface area contributed by atoms with Crippen molar-refractivity contribution >= 4 is 5.91 Å². The predicted molar refractivity (Wildman–Crippen MR) is 81.7 cm³/mol. The Kier molecular flexibility index (Phi) is 4.11. The number of nitrogens with one attached hydrogen (secondary N) is 1. The minimum atomic E-state index is -0.751. The lowest BCUT2D eigenvalue weighted by molar-refractivity contribution is -0.132. The molecule has 0 aromatic carbocycles. The molecule has 2 aromatic heterocycles. The van der Waals surface area contributed by atoms with Gasteiger partial charge in [0.25, 0.3) is 0 Å². The number of carbonyl (C=O) groups excluding carboxylic acids is 1. The number of hydrogen-bond donors (Lipinski definition) is 1. The van der Waals surface area contributed by atoms with Crippen molar-refractivity contribution < 1.29 is 4.79 Å². The van der Waals surface area contributed by atoms with Gasteiger partial charge in [-0.2, -0.15) is 0 Å². The maximum atomic E-state index is 12.7. The minimum Gasteiger partial charge on any atom is -0.357 e. The lowest BCUT2D eigenvalue weighted by Crippen LogP contribution is -2.52. The average Bonchev–Trinajstić information content (AvgIpc) is 3.00. The van der Waals surface area contributed by atoms with E-state index >= 15 is 0 Å². The number of hydrogen-bond acceptors (Lipinski definition) is 5. The highest BCUT2D eigenvalue weighted by atomic mass is 16.2. The van der Waals surface area contributed by atoms with Crippen molar-refractivity contribution in [1.29, 1.82) is 0 Å². The van der Waals surface area contributed by atoms with Crippen LogP contribution in [0.2, 0.25) is 0 Å². The van der Waals surface area contributed by atoms with E-state index in [-0.39, 0.29) is 5.91 Å². The molecule has 6 nitrogen and oxygen atoms in total. The van der Waals surface area contributed by atoms with Crippen molar-refractivity contribution in [3.8, 4) is 0 Å². The number of aromatic nitrogens is 3. The number of pyridine rings is 1. The van der Waals surface area contributed by atoms with Gasteiger partial charge in [0.1, 0.15) is 5.54 Å². The molecule has 3 rings (SSSR count). The van der Waals surface area contributed by atoms with Gasteiger partial charge in [0.2, 0.25) is 5.91 Å². The number of likely N-dealkylation sites (tertiary alicyclic amines) is 1. The Hall–Kier alpha value is -2.34. The normalized spacial score (nSPS) is 21.7. The molecule has 22 heavy (non-hydrogen) atoms. The fraction of sp³-hybridized carbons (Fsp3) is 0.375. The van der Waals surface area contributed by atoms with Crippen molar-refractivity contribution in [3.63, 3.8) is 0 Å². The van der Waals surface area contributed by atoms with Gasteiger partial charge in [-0.25, -0.2) is 0 Å². The molecule has 2 aromatic rings. The SMILES string of the molecule is CNC(=O)[C@]1(c2cnccn2)CCCN1Cc1cccnc1. The highest BCUT2D eigenvalue weighted by molar-refractivity contribution is 5.87. The second-order valence-corrected chi connectivity index (χ2v) is 5.42. The zero-order chi connectivity index (χ0) is 15.4. The maximum absolute atomic E-state index is 12.7. The number of rotatable bonds is 4. The van der Waals surface area contributed by atoms with Crippen LogP contribution >= 0.6 is 0 Å². The summed E-state index contributed by atoms with van der Waals surface area (Å²) in [5.74, 6) is -0.0330. The second kappa shape index (κ2) is 6.19. The van der Waals surface area contributed by atoms with Crippen molar-refractivity contribution in [2.24, 2.45) is 0 Å². The second-order valence-electron chi connectivity index (χ2n) is 5.42. The monoisotopic (exact) mass is 297 g/mol. The Labute approximate surface area is 129 Å². The van der Waals surface area contributed by atoms with Gasteiger partial charge in [-0.15, -0.1) is 0 Å². The first kappa shape index (κ1) is 14.6. The molecule has 3 heterocycles. The average molecular weight is 297 g/mol. The van der Waals surface area contributed by atoms with E-state index in [1.54, 1.807) is 31.8 Å². The van der Waals surface area contributed by atoms with Gasteiger partial charge in [-0.05, 0) is 31.0 Å². The standard InChI is InChI=1S/C16H19N5O/c1-17-15(22)16(14-11-19-7-8-20-14)5-3-9-21(16)12-13-4-2-6-18-10-13/h2,4,6-8,10-11H,3,5,9,12H2,1H3,(H,17,22)/t16-/m1/s1. The van der Waals surface area contributed by atoms with E-state index in [0.717, 1.165) is 24.9 Å². The molecule has 1 aliphatic heterocycles. The van der Waals surface area contributed by atoms with Crippen LogP contribution in [0.3, 0.4) is 0 Å². The van der Waals surface area contributed by atoms with Gasteiger partial charge < -0.3 is 5.32 Å². The van der Waals surface area contributed by atoms with Crippen LogP contribution in [0.1, 0.15) is 24.1 Å². The molecule has 0 unspecified atom stereocenters. The summed E-state index contributed by atoms with van der Waals surface area (Å²) in [7, 11) is 1.67. The van der Waals surface area contributed by atoms with Crippen LogP contribution in [-0.2, 0) is 16.9 Å². The molecule has 114 valence electrons. The van der Waals surface area contributed by atoms with Crippen molar-refractivity contribution in [2.75, 3.05) is 13.6 Å². The molecule has 0 radical (unpaired) electrons. The van der Waals surface area contributed by atoms with Crippen LogP contribution in [0.25, 0.3) is 0 Å². The predicted octanol–water partition coefficient (Wildman–Crippen LogP) is 1.11. The largest absolute Gasteiger partial charge is 0.357 e. The van der Waals surface area contributed by atoms with Gasteiger partial charge in [-0.1, -0.05) is 6.07 Å². The molecule has 0 saturated carbocycles. The smallest absolute Gasteiger partial charge is 0.246 e. The Morgan fingerprint density at radius 3 is 2.86 bits per heavy atom. The molecular weight excluding hydrogens is 278 g/mol. The van der Waals surface area contributed by atoms with Gasteiger partial charge in [0, 0.05) is 38.4 Å². The quantitative estimate of drug-likeness (QED) is 0.915. The highest BCUT2D eigenvalue weighted by Gasteiger charge is 2.49. The van der Waals surface area contributed by atoms with E-state index in [2.05, 4.69) is 25.2 Å². The summed E-state index contributed by atoms with van der Waals surface area (Å²) < 4.78 is 0.